The van der Waals surface area contributed by atoms with E-state index in [1.807, 2.05) is 6.92 Å². The van der Waals surface area contributed by atoms with Gasteiger partial charge in [0.2, 0.25) is 5.91 Å². The fraction of sp³-hybridized carbons (Fsp3) is 0.833. The van der Waals surface area contributed by atoms with Gasteiger partial charge in [0.05, 0.1) is 4.99 Å². The molecule has 1 saturated carbocycles. The third-order valence-corrected chi connectivity index (χ3v) is 3.43. The monoisotopic (exact) mass is 242 g/mol. The Balaban J connectivity index is 2.38. The van der Waals surface area contributed by atoms with Gasteiger partial charge in [0.15, 0.2) is 0 Å². The van der Waals surface area contributed by atoms with Gasteiger partial charge in [-0.05, 0) is 19.3 Å². The van der Waals surface area contributed by atoms with Crippen molar-refractivity contribution in [1.82, 2.24) is 5.32 Å². The van der Waals surface area contributed by atoms with Crippen molar-refractivity contribution in [3.63, 3.8) is 0 Å². The van der Waals surface area contributed by atoms with E-state index in [0.29, 0.717) is 11.4 Å². The first kappa shape index (κ1) is 13.4. The van der Waals surface area contributed by atoms with E-state index >= 15 is 0 Å². The summed E-state index contributed by atoms with van der Waals surface area (Å²) in [4.78, 5) is 12.4. The molecule has 0 aliphatic heterocycles. The fourth-order valence-corrected chi connectivity index (χ4v) is 2.43. The van der Waals surface area contributed by atoms with Crippen molar-refractivity contribution in [1.29, 1.82) is 0 Å². The predicted octanol–water partition coefficient (Wildman–Crippen LogP) is 2.14. The molecular formula is C12H22N2OS. The molecule has 0 aromatic rings. The quantitative estimate of drug-likeness (QED) is 0.726. The van der Waals surface area contributed by atoms with Crippen LogP contribution >= 0.6 is 12.2 Å². The molecule has 0 aromatic carbocycles. The van der Waals surface area contributed by atoms with Gasteiger partial charge in [-0.3, -0.25) is 4.79 Å². The number of nitrogens with one attached hydrogen (secondary N) is 1. The van der Waals surface area contributed by atoms with Gasteiger partial charge >= 0.3 is 0 Å². The SMILES string of the molecule is CCC(CC(N)=S)NC(=O)C1CCCCC1. The summed E-state index contributed by atoms with van der Waals surface area (Å²) in [5.41, 5.74) is 5.50. The Morgan fingerprint density at radius 2 is 2.06 bits per heavy atom. The first-order chi connectivity index (χ1) is 7.63. The van der Waals surface area contributed by atoms with Crippen molar-refractivity contribution < 1.29 is 4.79 Å². The van der Waals surface area contributed by atoms with Crippen LogP contribution in [0.5, 0.6) is 0 Å². The number of nitrogens with two attached hydrogens (primary N) is 1. The van der Waals surface area contributed by atoms with E-state index in [4.69, 9.17) is 18.0 Å². The fourth-order valence-electron chi connectivity index (χ4n) is 2.22. The lowest BCUT2D eigenvalue weighted by Gasteiger charge is -2.24. The van der Waals surface area contributed by atoms with Gasteiger partial charge in [-0.1, -0.05) is 38.4 Å². The number of carbonyl (C=O) groups is 1. The number of rotatable bonds is 5. The minimum absolute atomic E-state index is 0.118. The molecule has 0 saturated heterocycles. The van der Waals surface area contributed by atoms with Crippen molar-refractivity contribution in [2.45, 2.75) is 57.9 Å². The highest BCUT2D eigenvalue weighted by Gasteiger charge is 2.22. The molecule has 1 atom stereocenters. The molecule has 0 heterocycles. The maximum Gasteiger partial charge on any atom is 0.223 e. The van der Waals surface area contributed by atoms with Gasteiger partial charge < -0.3 is 11.1 Å². The van der Waals surface area contributed by atoms with Crippen LogP contribution in [-0.2, 0) is 4.79 Å². The summed E-state index contributed by atoms with van der Waals surface area (Å²) >= 11 is 4.87. The van der Waals surface area contributed by atoms with E-state index < -0.39 is 0 Å². The molecule has 0 radical (unpaired) electrons. The maximum atomic E-state index is 12.0. The lowest BCUT2D eigenvalue weighted by Crippen LogP contribution is -2.41. The number of carbonyl (C=O) groups excluding carboxylic acids is 1. The topological polar surface area (TPSA) is 55.1 Å². The Labute approximate surface area is 103 Å². The first-order valence-corrected chi connectivity index (χ1v) is 6.63. The molecule has 16 heavy (non-hydrogen) atoms. The summed E-state index contributed by atoms with van der Waals surface area (Å²) in [6, 6.07) is 0.118. The molecule has 1 fully saturated rings. The first-order valence-electron chi connectivity index (χ1n) is 6.22. The number of thiocarbonyl (C=S) groups is 1. The van der Waals surface area contributed by atoms with E-state index in [0.717, 1.165) is 19.3 Å². The van der Waals surface area contributed by atoms with Gasteiger partial charge in [0.1, 0.15) is 0 Å². The lowest BCUT2D eigenvalue weighted by atomic mass is 9.88. The van der Waals surface area contributed by atoms with Crippen LogP contribution < -0.4 is 11.1 Å². The van der Waals surface area contributed by atoms with Crippen molar-refractivity contribution in [3.8, 4) is 0 Å². The average molecular weight is 242 g/mol. The van der Waals surface area contributed by atoms with Gasteiger partial charge in [0.25, 0.3) is 0 Å². The Morgan fingerprint density at radius 3 is 2.56 bits per heavy atom. The van der Waals surface area contributed by atoms with Crippen molar-refractivity contribution in [2.75, 3.05) is 0 Å². The van der Waals surface area contributed by atoms with Crippen LogP contribution in [0.3, 0.4) is 0 Å². The van der Waals surface area contributed by atoms with E-state index in [9.17, 15) is 4.79 Å². The molecule has 1 rings (SSSR count). The van der Waals surface area contributed by atoms with Gasteiger partial charge in [-0.25, -0.2) is 0 Å². The molecule has 4 heteroatoms. The predicted molar refractivity (Wildman–Crippen MR) is 70.2 cm³/mol. The second-order valence-electron chi connectivity index (χ2n) is 4.62. The van der Waals surface area contributed by atoms with Crippen molar-refractivity contribution in [2.24, 2.45) is 11.7 Å². The van der Waals surface area contributed by atoms with Crippen molar-refractivity contribution in [3.05, 3.63) is 0 Å². The van der Waals surface area contributed by atoms with E-state index in [-0.39, 0.29) is 17.9 Å². The summed E-state index contributed by atoms with van der Waals surface area (Å²) in [6.07, 6.45) is 7.22. The third-order valence-electron chi connectivity index (χ3n) is 3.26. The van der Waals surface area contributed by atoms with Gasteiger partial charge in [-0.15, -0.1) is 0 Å². The average Bonchev–Trinajstić information content (AvgIpc) is 2.28. The molecule has 0 aromatic heterocycles. The molecule has 1 aliphatic carbocycles. The van der Waals surface area contributed by atoms with Crippen LogP contribution in [-0.4, -0.2) is 16.9 Å². The van der Waals surface area contributed by atoms with Crippen LogP contribution in [0.2, 0.25) is 0 Å². The molecule has 92 valence electrons. The summed E-state index contributed by atoms with van der Waals surface area (Å²) in [5, 5.41) is 3.06. The molecule has 3 N–H and O–H groups in total. The van der Waals surface area contributed by atoms with Crippen LogP contribution in [0.25, 0.3) is 0 Å². The zero-order chi connectivity index (χ0) is 12.0. The van der Waals surface area contributed by atoms with E-state index in [2.05, 4.69) is 5.32 Å². The van der Waals surface area contributed by atoms with Crippen molar-refractivity contribution >= 4 is 23.1 Å². The van der Waals surface area contributed by atoms with E-state index in [1.54, 1.807) is 0 Å². The zero-order valence-electron chi connectivity index (χ0n) is 10.00. The third kappa shape index (κ3) is 4.47. The second-order valence-corrected chi connectivity index (χ2v) is 5.14. The second kappa shape index (κ2) is 6.84. The summed E-state index contributed by atoms with van der Waals surface area (Å²) in [5.74, 6) is 0.414. The summed E-state index contributed by atoms with van der Waals surface area (Å²) in [7, 11) is 0. The summed E-state index contributed by atoms with van der Waals surface area (Å²) in [6.45, 7) is 2.05. The van der Waals surface area contributed by atoms with E-state index in [1.165, 1.54) is 19.3 Å². The van der Waals surface area contributed by atoms with Gasteiger partial charge in [0, 0.05) is 18.4 Å². The molecule has 1 unspecified atom stereocenters. The minimum atomic E-state index is 0.118. The largest absolute Gasteiger partial charge is 0.393 e. The molecular weight excluding hydrogens is 220 g/mol. The Morgan fingerprint density at radius 1 is 1.44 bits per heavy atom. The smallest absolute Gasteiger partial charge is 0.223 e. The normalized spacial score (nSPS) is 19.1. The maximum absolute atomic E-state index is 12.0. The highest BCUT2D eigenvalue weighted by molar-refractivity contribution is 7.80. The number of hydrogen-bond acceptors (Lipinski definition) is 2. The molecule has 1 aliphatic rings. The van der Waals surface area contributed by atoms with Crippen LogP contribution in [0.4, 0.5) is 0 Å². The molecule has 0 bridgehead atoms. The zero-order valence-corrected chi connectivity index (χ0v) is 10.8. The highest BCUT2D eigenvalue weighted by atomic mass is 32.1. The molecule has 0 spiro atoms. The summed E-state index contributed by atoms with van der Waals surface area (Å²) < 4.78 is 0. The Bertz CT molecular complexity index is 249. The number of amides is 1. The Kier molecular flexibility index (Phi) is 5.74. The number of hydrogen-bond donors (Lipinski definition) is 2. The molecule has 1 amide bonds. The Hall–Kier alpha value is -0.640. The minimum Gasteiger partial charge on any atom is -0.393 e. The standard InChI is InChI=1S/C12H22N2OS/c1-2-10(8-11(13)16)14-12(15)9-6-4-3-5-7-9/h9-10H,2-8H2,1H3,(H2,13,16)(H,14,15). The molecule has 3 nitrogen and oxygen atoms in total. The lowest BCUT2D eigenvalue weighted by molar-refractivity contribution is -0.126. The van der Waals surface area contributed by atoms with Crippen LogP contribution in [0.15, 0.2) is 0 Å². The van der Waals surface area contributed by atoms with Gasteiger partial charge in [-0.2, -0.15) is 0 Å². The highest BCUT2D eigenvalue weighted by Crippen LogP contribution is 2.23. The van der Waals surface area contributed by atoms with Crippen LogP contribution in [0, 0.1) is 5.92 Å². The van der Waals surface area contributed by atoms with Crippen LogP contribution in [0.1, 0.15) is 51.9 Å².